The Morgan fingerprint density at radius 1 is 0.972 bits per heavy atom. The summed E-state index contributed by atoms with van der Waals surface area (Å²) in [6, 6.07) is 28.9. The van der Waals surface area contributed by atoms with Crippen LogP contribution >= 0.6 is 0 Å². The summed E-state index contributed by atoms with van der Waals surface area (Å²) in [5.41, 5.74) is 3.81. The Kier molecular flexibility index (Phi) is 7.94. The fraction of sp³-hybridized carbons (Fsp3) is 0.233. The van der Waals surface area contributed by atoms with Crippen LogP contribution in [0.2, 0.25) is 0 Å². The minimum atomic E-state index is -0.716. The highest BCUT2D eigenvalue weighted by atomic mass is 16.5. The molecule has 0 aliphatic heterocycles. The van der Waals surface area contributed by atoms with Crippen molar-refractivity contribution in [1.82, 2.24) is 10.3 Å². The van der Waals surface area contributed by atoms with E-state index in [1.165, 1.54) is 0 Å². The lowest BCUT2D eigenvalue weighted by atomic mass is 9.97. The van der Waals surface area contributed by atoms with Gasteiger partial charge in [-0.2, -0.15) is 5.26 Å². The second-order valence-electron chi connectivity index (χ2n) is 9.14. The van der Waals surface area contributed by atoms with Gasteiger partial charge in [-0.3, -0.25) is 9.59 Å². The first-order chi connectivity index (χ1) is 17.5. The number of nitriles is 1. The van der Waals surface area contributed by atoms with Crippen LogP contribution in [0.15, 0.2) is 89.7 Å². The van der Waals surface area contributed by atoms with Crippen molar-refractivity contribution in [2.75, 3.05) is 6.54 Å². The first-order valence-corrected chi connectivity index (χ1v) is 12.0. The number of fused-ring (bicyclic) bond motifs is 1. The monoisotopic (exact) mass is 479 g/mol. The third-order valence-corrected chi connectivity index (χ3v) is 6.00. The van der Waals surface area contributed by atoms with E-state index in [1.807, 2.05) is 105 Å². The zero-order chi connectivity index (χ0) is 25.5. The first kappa shape index (κ1) is 24.9. The van der Waals surface area contributed by atoms with Gasteiger partial charge < -0.3 is 15.0 Å². The summed E-state index contributed by atoms with van der Waals surface area (Å²) < 4.78 is 6.43. The summed E-state index contributed by atoms with van der Waals surface area (Å²) >= 11 is 0. The van der Waals surface area contributed by atoms with Crippen molar-refractivity contribution in [2.45, 2.75) is 32.5 Å². The highest BCUT2D eigenvalue weighted by molar-refractivity contribution is 5.83. The number of carbonyl (C=O) groups excluding carboxylic acids is 1. The SMILES string of the molecule is CC(C)C[C@H](O[C@H](c1ccccc1)c1ccc(-c2cc3ccccc3[nH]c2=O)cc1)C(=O)NCC#N. The number of hydrogen-bond donors (Lipinski definition) is 2. The molecule has 1 amide bonds. The number of ether oxygens (including phenoxy) is 1. The van der Waals surface area contributed by atoms with Crippen LogP contribution in [0, 0.1) is 17.2 Å². The molecule has 0 aliphatic carbocycles. The average Bonchev–Trinajstić information content (AvgIpc) is 2.89. The molecule has 36 heavy (non-hydrogen) atoms. The van der Waals surface area contributed by atoms with E-state index in [-0.39, 0.29) is 23.9 Å². The van der Waals surface area contributed by atoms with E-state index in [0.717, 1.165) is 27.6 Å². The Morgan fingerprint density at radius 3 is 2.33 bits per heavy atom. The van der Waals surface area contributed by atoms with Gasteiger partial charge in [-0.1, -0.05) is 86.6 Å². The van der Waals surface area contributed by atoms with Gasteiger partial charge >= 0.3 is 0 Å². The van der Waals surface area contributed by atoms with Crippen molar-refractivity contribution in [2.24, 2.45) is 5.92 Å². The maximum absolute atomic E-state index is 12.8. The molecule has 6 heteroatoms. The summed E-state index contributed by atoms with van der Waals surface area (Å²) in [7, 11) is 0. The second-order valence-corrected chi connectivity index (χ2v) is 9.14. The number of carbonyl (C=O) groups is 1. The topological polar surface area (TPSA) is 95.0 Å². The molecule has 182 valence electrons. The number of para-hydroxylation sites is 1. The molecule has 0 unspecified atom stereocenters. The lowest BCUT2D eigenvalue weighted by molar-refractivity contribution is -0.136. The molecule has 3 aromatic carbocycles. The molecule has 2 atom stereocenters. The number of amides is 1. The molecule has 1 aromatic heterocycles. The molecule has 0 aliphatic rings. The molecule has 4 rings (SSSR count). The number of pyridine rings is 1. The highest BCUT2D eigenvalue weighted by Gasteiger charge is 2.26. The number of nitrogens with zero attached hydrogens (tertiary/aromatic N) is 1. The fourth-order valence-electron chi connectivity index (χ4n) is 4.23. The number of nitrogens with one attached hydrogen (secondary N) is 2. The summed E-state index contributed by atoms with van der Waals surface area (Å²) in [4.78, 5) is 28.5. The molecule has 2 N–H and O–H groups in total. The van der Waals surface area contributed by atoms with Gasteiger partial charge in [-0.15, -0.1) is 0 Å². The lowest BCUT2D eigenvalue weighted by Gasteiger charge is -2.26. The number of rotatable bonds is 9. The summed E-state index contributed by atoms with van der Waals surface area (Å²) in [6.45, 7) is 3.99. The predicted octanol–water partition coefficient (Wildman–Crippen LogP) is 5.36. The summed E-state index contributed by atoms with van der Waals surface area (Å²) in [5, 5.41) is 12.5. The van der Waals surface area contributed by atoms with Crippen LogP contribution in [-0.4, -0.2) is 23.5 Å². The molecule has 0 spiro atoms. The van der Waals surface area contributed by atoms with Crippen molar-refractivity contribution in [1.29, 1.82) is 5.26 Å². The summed E-state index contributed by atoms with van der Waals surface area (Å²) in [5.74, 6) is -0.0771. The quantitative estimate of drug-likeness (QED) is 0.316. The van der Waals surface area contributed by atoms with E-state index in [9.17, 15) is 9.59 Å². The van der Waals surface area contributed by atoms with E-state index >= 15 is 0 Å². The molecular weight excluding hydrogens is 450 g/mol. The van der Waals surface area contributed by atoms with Gasteiger partial charge in [0.1, 0.15) is 18.8 Å². The normalized spacial score (nSPS) is 12.7. The van der Waals surface area contributed by atoms with Crippen molar-refractivity contribution in [3.8, 4) is 17.2 Å². The Labute approximate surface area is 210 Å². The van der Waals surface area contributed by atoms with Gasteiger partial charge in [0.25, 0.3) is 5.56 Å². The molecule has 4 aromatic rings. The molecule has 0 bridgehead atoms. The van der Waals surface area contributed by atoms with Crippen molar-refractivity contribution < 1.29 is 9.53 Å². The van der Waals surface area contributed by atoms with Crippen LogP contribution in [0.25, 0.3) is 22.0 Å². The van der Waals surface area contributed by atoms with Crippen LogP contribution in [0.1, 0.15) is 37.5 Å². The Morgan fingerprint density at radius 2 is 1.64 bits per heavy atom. The van der Waals surface area contributed by atoms with Gasteiger partial charge in [0.15, 0.2) is 0 Å². The average molecular weight is 480 g/mol. The van der Waals surface area contributed by atoms with E-state index in [1.54, 1.807) is 0 Å². The largest absolute Gasteiger partial charge is 0.356 e. The third-order valence-electron chi connectivity index (χ3n) is 6.00. The maximum atomic E-state index is 12.8. The predicted molar refractivity (Wildman–Crippen MR) is 141 cm³/mol. The zero-order valence-corrected chi connectivity index (χ0v) is 20.4. The van der Waals surface area contributed by atoms with Crippen molar-refractivity contribution in [3.05, 3.63) is 106 Å². The van der Waals surface area contributed by atoms with Crippen molar-refractivity contribution >= 4 is 16.8 Å². The number of benzene rings is 3. The Balaban J connectivity index is 1.68. The van der Waals surface area contributed by atoms with Crippen LogP contribution in [0.4, 0.5) is 0 Å². The van der Waals surface area contributed by atoms with Gasteiger partial charge in [0, 0.05) is 11.1 Å². The van der Waals surface area contributed by atoms with E-state index in [2.05, 4.69) is 10.3 Å². The lowest BCUT2D eigenvalue weighted by Crippen LogP contribution is -2.38. The molecule has 0 saturated carbocycles. The smallest absolute Gasteiger partial charge is 0.256 e. The van der Waals surface area contributed by atoms with Crippen LogP contribution in [0.5, 0.6) is 0 Å². The minimum absolute atomic E-state index is 0.0677. The van der Waals surface area contributed by atoms with Gasteiger partial charge in [-0.25, -0.2) is 0 Å². The number of aromatic nitrogens is 1. The first-order valence-electron chi connectivity index (χ1n) is 12.0. The Bertz CT molecular complexity index is 1420. The van der Waals surface area contributed by atoms with E-state index in [0.29, 0.717) is 12.0 Å². The second kappa shape index (κ2) is 11.5. The van der Waals surface area contributed by atoms with Gasteiger partial charge in [0.05, 0.1) is 6.07 Å². The number of hydrogen-bond acceptors (Lipinski definition) is 4. The number of aromatic amines is 1. The minimum Gasteiger partial charge on any atom is -0.356 e. The van der Waals surface area contributed by atoms with E-state index < -0.39 is 12.2 Å². The molecule has 0 radical (unpaired) electrons. The molecular formula is C30H29N3O3. The fourth-order valence-corrected chi connectivity index (χ4v) is 4.23. The van der Waals surface area contributed by atoms with E-state index in [4.69, 9.17) is 10.00 Å². The molecule has 1 heterocycles. The van der Waals surface area contributed by atoms with Crippen molar-refractivity contribution in [3.63, 3.8) is 0 Å². The van der Waals surface area contributed by atoms with Crippen LogP contribution < -0.4 is 10.9 Å². The standard InChI is InChI=1S/C30H29N3O3/c1-20(2)18-27(30(35)32-17-16-31)36-28(22-8-4-3-5-9-22)23-14-12-21(13-15-23)25-19-24-10-6-7-11-26(24)33-29(25)34/h3-15,19-20,27-28H,17-18H2,1-2H3,(H,32,35)(H,33,34)/t27-,28+/m0/s1. The summed E-state index contributed by atoms with van der Waals surface area (Å²) in [6.07, 6.45) is -0.691. The molecule has 0 fully saturated rings. The highest BCUT2D eigenvalue weighted by Crippen LogP contribution is 2.31. The third kappa shape index (κ3) is 5.88. The number of H-pyrrole nitrogens is 1. The molecule has 0 saturated heterocycles. The van der Waals surface area contributed by atoms with Crippen LogP contribution in [0.3, 0.4) is 0 Å². The maximum Gasteiger partial charge on any atom is 0.256 e. The van der Waals surface area contributed by atoms with Gasteiger partial charge in [-0.05, 0) is 46.5 Å². The van der Waals surface area contributed by atoms with Gasteiger partial charge in [0.2, 0.25) is 5.91 Å². The Hall–Kier alpha value is -4.21. The zero-order valence-electron chi connectivity index (χ0n) is 20.4. The van der Waals surface area contributed by atoms with Crippen LogP contribution in [-0.2, 0) is 9.53 Å². The molecule has 6 nitrogen and oxygen atoms in total.